The van der Waals surface area contributed by atoms with E-state index in [2.05, 4.69) is 38.9 Å². The van der Waals surface area contributed by atoms with E-state index in [0.29, 0.717) is 0 Å². The van der Waals surface area contributed by atoms with Crippen molar-refractivity contribution in [2.24, 2.45) is 0 Å². The summed E-state index contributed by atoms with van der Waals surface area (Å²) in [5.41, 5.74) is 2.13. The average Bonchev–Trinajstić information content (AvgIpc) is 2.17. The molecule has 0 spiro atoms. The zero-order chi connectivity index (χ0) is 9.26. The van der Waals surface area contributed by atoms with Crippen molar-refractivity contribution in [2.75, 3.05) is 10.2 Å². The summed E-state index contributed by atoms with van der Waals surface area (Å²) in [5.74, 6) is 0. The van der Waals surface area contributed by atoms with Gasteiger partial charge in [0.1, 0.15) is 6.33 Å². The Labute approximate surface area is 90.3 Å². The van der Waals surface area contributed by atoms with Crippen LogP contribution in [0.15, 0.2) is 30.7 Å². The number of benzene rings is 1. The highest BCUT2D eigenvalue weighted by molar-refractivity contribution is 14.1. The smallest absolute Gasteiger partial charge is 0.116 e. The van der Waals surface area contributed by atoms with E-state index in [0.717, 1.165) is 16.6 Å². The molecule has 1 aromatic carbocycles. The van der Waals surface area contributed by atoms with E-state index in [1.54, 1.807) is 6.33 Å². The molecule has 0 atom stereocenters. The lowest BCUT2D eigenvalue weighted by molar-refractivity contribution is 1.22. The minimum atomic E-state index is 0.982. The highest BCUT2D eigenvalue weighted by Crippen LogP contribution is 2.20. The standard InChI is InChI=1S/C9H8IN3/c1-13(10)8-3-2-7-5-11-6-12-9(7)4-8/h2-6H,1H3. The summed E-state index contributed by atoms with van der Waals surface area (Å²) in [4.78, 5) is 8.14. The van der Waals surface area contributed by atoms with Crippen molar-refractivity contribution in [2.45, 2.75) is 0 Å². The lowest BCUT2D eigenvalue weighted by atomic mass is 10.2. The molecule has 4 heteroatoms. The molecule has 0 N–H and O–H groups in total. The topological polar surface area (TPSA) is 29.0 Å². The Morgan fingerprint density at radius 2 is 2.23 bits per heavy atom. The zero-order valence-electron chi connectivity index (χ0n) is 7.11. The molecule has 0 radical (unpaired) electrons. The monoisotopic (exact) mass is 285 g/mol. The quantitative estimate of drug-likeness (QED) is 0.595. The second kappa shape index (κ2) is 3.45. The summed E-state index contributed by atoms with van der Waals surface area (Å²) < 4.78 is 2.03. The lowest BCUT2D eigenvalue weighted by Crippen LogP contribution is -1.98. The van der Waals surface area contributed by atoms with Crippen molar-refractivity contribution >= 4 is 39.5 Å². The second-order valence-corrected chi connectivity index (χ2v) is 4.19. The Morgan fingerprint density at radius 1 is 1.38 bits per heavy atom. The van der Waals surface area contributed by atoms with E-state index in [-0.39, 0.29) is 0 Å². The summed E-state index contributed by atoms with van der Waals surface area (Å²) in [7, 11) is 2.00. The van der Waals surface area contributed by atoms with Crippen molar-refractivity contribution in [1.82, 2.24) is 9.97 Å². The predicted octanol–water partition coefficient (Wildman–Crippen LogP) is 2.42. The fourth-order valence-electron chi connectivity index (χ4n) is 1.15. The molecule has 0 amide bonds. The molecule has 0 saturated heterocycles. The van der Waals surface area contributed by atoms with Crippen LogP contribution in [0.5, 0.6) is 0 Å². The molecule has 66 valence electrons. The first-order valence-corrected chi connectivity index (χ1v) is 4.83. The predicted molar refractivity (Wildman–Crippen MR) is 62.0 cm³/mol. The van der Waals surface area contributed by atoms with Crippen LogP contribution in [0.25, 0.3) is 10.9 Å². The molecule has 2 aromatic rings. The third kappa shape index (κ3) is 1.72. The van der Waals surface area contributed by atoms with Gasteiger partial charge in [-0.1, -0.05) is 0 Å². The number of anilines is 1. The van der Waals surface area contributed by atoms with Crippen LogP contribution in [-0.4, -0.2) is 17.0 Å². The first-order chi connectivity index (χ1) is 6.27. The average molecular weight is 285 g/mol. The molecule has 0 aliphatic carbocycles. The van der Waals surface area contributed by atoms with E-state index >= 15 is 0 Å². The van der Waals surface area contributed by atoms with Crippen LogP contribution >= 0.6 is 22.9 Å². The summed E-state index contributed by atoms with van der Waals surface area (Å²) in [6.07, 6.45) is 3.39. The maximum atomic E-state index is 4.18. The van der Waals surface area contributed by atoms with E-state index in [1.807, 2.05) is 28.5 Å². The van der Waals surface area contributed by atoms with Gasteiger partial charge < -0.3 is 3.11 Å². The van der Waals surface area contributed by atoms with Gasteiger partial charge in [0.2, 0.25) is 0 Å². The lowest BCUT2D eigenvalue weighted by Gasteiger charge is -2.09. The molecular formula is C9H8IN3. The van der Waals surface area contributed by atoms with Crippen LogP contribution < -0.4 is 3.11 Å². The molecule has 0 aliphatic rings. The van der Waals surface area contributed by atoms with Crippen LogP contribution in [0.2, 0.25) is 0 Å². The summed E-state index contributed by atoms with van der Waals surface area (Å²) >= 11 is 2.23. The first kappa shape index (κ1) is 8.68. The highest BCUT2D eigenvalue weighted by atomic mass is 127. The van der Waals surface area contributed by atoms with E-state index in [1.165, 1.54) is 0 Å². The third-order valence-corrected chi connectivity index (χ3v) is 2.40. The molecule has 0 saturated carbocycles. The fraction of sp³-hybridized carbons (Fsp3) is 0.111. The van der Waals surface area contributed by atoms with Crippen molar-refractivity contribution < 1.29 is 0 Å². The second-order valence-electron chi connectivity index (χ2n) is 2.74. The van der Waals surface area contributed by atoms with Gasteiger partial charge in [-0.25, -0.2) is 9.97 Å². The minimum absolute atomic E-state index is 0.982. The maximum absolute atomic E-state index is 4.18. The van der Waals surface area contributed by atoms with Crippen LogP contribution in [0.4, 0.5) is 5.69 Å². The SMILES string of the molecule is CN(I)c1ccc2cncnc2c1. The molecular weight excluding hydrogens is 277 g/mol. The number of rotatable bonds is 1. The van der Waals surface area contributed by atoms with Crippen molar-refractivity contribution in [3.63, 3.8) is 0 Å². The first-order valence-electron chi connectivity index (χ1n) is 3.86. The van der Waals surface area contributed by atoms with Gasteiger partial charge in [-0.15, -0.1) is 0 Å². The highest BCUT2D eigenvalue weighted by Gasteiger charge is 1.98. The Hall–Kier alpha value is -0.910. The van der Waals surface area contributed by atoms with Gasteiger partial charge in [-0.05, 0) is 18.2 Å². The van der Waals surface area contributed by atoms with Crippen LogP contribution in [-0.2, 0) is 0 Å². The molecule has 1 aromatic heterocycles. The number of aromatic nitrogens is 2. The van der Waals surface area contributed by atoms with Gasteiger partial charge in [-0.3, -0.25) is 0 Å². The minimum Gasteiger partial charge on any atom is -0.318 e. The maximum Gasteiger partial charge on any atom is 0.116 e. The number of hydrogen-bond acceptors (Lipinski definition) is 3. The van der Waals surface area contributed by atoms with Crippen LogP contribution in [0, 0.1) is 0 Å². The number of fused-ring (bicyclic) bond motifs is 1. The number of nitrogens with zero attached hydrogens (tertiary/aromatic N) is 3. The van der Waals surface area contributed by atoms with Gasteiger partial charge in [0.05, 0.1) is 28.4 Å². The molecule has 13 heavy (non-hydrogen) atoms. The zero-order valence-corrected chi connectivity index (χ0v) is 9.26. The van der Waals surface area contributed by atoms with Crippen LogP contribution in [0.3, 0.4) is 0 Å². The number of halogens is 1. The summed E-state index contributed by atoms with van der Waals surface area (Å²) in [5, 5.41) is 1.07. The van der Waals surface area contributed by atoms with Gasteiger partial charge in [0, 0.05) is 24.3 Å². The molecule has 3 nitrogen and oxygen atoms in total. The van der Waals surface area contributed by atoms with Gasteiger partial charge in [0.25, 0.3) is 0 Å². The molecule has 1 heterocycles. The number of hydrogen-bond donors (Lipinski definition) is 0. The van der Waals surface area contributed by atoms with Gasteiger partial charge in [0.15, 0.2) is 0 Å². The third-order valence-electron chi connectivity index (χ3n) is 1.85. The summed E-state index contributed by atoms with van der Waals surface area (Å²) in [6.45, 7) is 0. The Kier molecular flexibility index (Phi) is 2.30. The van der Waals surface area contributed by atoms with E-state index in [9.17, 15) is 0 Å². The Morgan fingerprint density at radius 3 is 3.00 bits per heavy atom. The Bertz CT molecular complexity index is 428. The molecule has 0 unspecified atom stereocenters. The summed E-state index contributed by atoms with van der Waals surface area (Å²) in [6, 6.07) is 6.13. The van der Waals surface area contributed by atoms with Gasteiger partial charge in [-0.2, -0.15) is 0 Å². The molecule has 0 fully saturated rings. The van der Waals surface area contributed by atoms with E-state index in [4.69, 9.17) is 0 Å². The van der Waals surface area contributed by atoms with Crippen molar-refractivity contribution in [3.8, 4) is 0 Å². The van der Waals surface area contributed by atoms with Crippen molar-refractivity contribution in [3.05, 3.63) is 30.7 Å². The van der Waals surface area contributed by atoms with Crippen LogP contribution in [0.1, 0.15) is 0 Å². The molecule has 0 bridgehead atoms. The van der Waals surface area contributed by atoms with E-state index < -0.39 is 0 Å². The molecule has 2 rings (SSSR count). The van der Waals surface area contributed by atoms with Crippen molar-refractivity contribution in [1.29, 1.82) is 0 Å². The Balaban J connectivity index is 2.62. The largest absolute Gasteiger partial charge is 0.318 e. The van der Waals surface area contributed by atoms with Gasteiger partial charge >= 0.3 is 0 Å². The molecule has 0 aliphatic heterocycles. The normalized spacial score (nSPS) is 10.3. The fourth-order valence-corrected chi connectivity index (χ4v) is 1.45.